The van der Waals surface area contributed by atoms with Gasteiger partial charge in [-0.2, -0.15) is 5.10 Å². The Morgan fingerprint density at radius 1 is 1.17 bits per heavy atom. The number of nitrogens with one attached hydrogen (secondary N) is 2. The lowest BCUT2D eigenvalue weighted by Gasteiger charge is -2.28. The van der Waals surface area contributed by atoms with E-state index in [9.17, 15) is 14.4 Å². The molecule has 2 rings (SSSR count). The van der Waals surface area contributed by atoms with Gasteiger partial charge in [0.25, 0.3) is 0 Å². The predicted molar refractivity (Wildman–Crippen MR) is 112 cm³/mol. The molecule has 7 nitrogen and oxygen atoms in total. The van der Waals surface area contributed by atoms with E-state index in [-0.39, 0.29) is 17.2 Å². The van der Waals surface area contributed by atoms with Crippen molar-refractivity contribution in [3.63, 3.8) is 0 Å². The first-order valence-electron chi connectivity index (χ1n) is 10.3. The van der Waals surface area contributed by atoms with Gasteiger partial charge in [0, 0.05) is 12.1 Å². The van der Waals surface area contributed by atoms with Crippen molar-refractivity contribution in [2.75, 3.05) is 0 Å². The van der Waals surface area contributed by atoms with Crippen molar-refractivity contribution in [3.05, 3.63) is 30.1 Å². The van der Waals surface area contributed by atoms with Crippen LogP contribution in [0.4, 0.5) is 0 Å². The number of aromatic nitrogens is 1. The lowest BCUT2D eigenvalue weighted by molar-refractivity contribution is -0.141. The number of hydrazone groups is 1. The maximum Gasteiger partial charge on any atom is 0.309 e. The summed E-state index contributed by atoms with van der Waals surface area (Å²) in [6.07, 6.45) is 6.87. The molecule has 1 atom stereocenters. The molecule has 1 saturated carbocycles. The third-order valence-electron chi connectivity index (χ3n) is 5.01. The summed E-state index contributed by atoms with van der Waals surface area (Å²) < 4.78 is 0. The molecule has 0 radical (unpaired) electrons. The second kappa shape index (κ2) is 10.3. The number of ketones is 1. The van der Waals surface area contributed by atoms with Gasteiger partial charge >= 0.3 is 5.91 Å². The van der Waals surface area contributed by atoms with Crippen LogP contribution in [0.15, 0.2) is 29.5 Å². The summed E-state index contributed by atoms with van der Waals surface area (Å²) in [7, 11) is 0. The summed E-state index contributed by atoms with van der Waals surface area (Å²) in [6.45, 7) is 7.62. The second-order valence-corrected chi connectivity index (χ2v) is 8.88. The Labute approximate surface area is 172 Å². The van der Waals surface area contributed by atoms with E-state index in [0.717, 1.165) is 32.1 Å². The zero-order chi connectivity index (χ0) is 21.4. The van der Waals surface area contributed by atoms with Gasteiger partial charge < -0.3 is 5.32 Å². The van der Waals surface area contributed by atoms with Crippen LogP contribution in [0.25, 0.3) is 0 Å². The topological polar surface area (TPSA) is 101 Å². The monoisotopic (exact) mass is 400 g/mol. The van der Waals surface area contributed by atoms with Gasteiger partial charge in [-0.3, -0.25) is 19.4 Å². The van der Waals surface area contributed by atoms with E-state index in [1.54, 1.807) is 25.3 Å². The quantitative estimate of drug-likeness (QED) is 0.417. The van der Waals surface area contributed by atoms with Crippen LogP contribution in [0.2, 0.25) is 0 Å². The molecule has 2 amide bonds. The number of rotatable bonds is 7. The Balaban J connectivity index is 2.05. The van der Waals surface area contributed by atoms with Gasteiger partial charge in [0.15, 0.2) is 0 Å². The Morgan fingerprint density at radius 3 is 2.45 bits per heavy atom. The number of hydrogen-bond donors (Lipinski definition) is 2. The maximum absolute atomic E-state index is 12.8. The van der Waals surface area contributed by atoms with E-state index in [1.165, 1.54) is 0 Å². The number of carbonyl (C=O) groups is 3. The van der Waals surface area contributed by atoms with E-state index in [1.807, 2.05) is 26.8 Å². The van der Waals surface area contributed by atoms with E-state index in [0.29, 0.717) is 17.8 Å². The van der Waals surface area contributed by atoms with Crippen LogP contribution in [0.5, 0.6) is 0 Å². The van der Waals surface area contributed by atoms with Crippen LogP contribution in [0.3, 0.4) is 0 Å². The molecule has 1 aliphatic carbocycles. The van der Waals surface area contributed by atoms with Crippen LogP contribution in [0, 0.1) is 11.3 Å². The minimum absolute atomic E-state index is 0.0773. The van der Waals surface area contributed by atoms with Crippen LogP contribution >= 0.6 is 0 Å². The van der Waals surface area contributed by atoms with E-state index >= 15 is 0 Å². The molecule has 2 N–H and O–H groups in total. The zero-order valence-electron chi connectivity index (χ0n) is 17.8. The van der Waals surface area contributed by atoms with Crippen molar-refractivity contribution in [1.82, 2.24) is 15.7 Å². The largest absolute Gasteiger partial charge is 0.345 e. The minimum atomic E-state index is -0.866. The summed E-state index contributed by atoms with van der Waals surface area (Å²) in [4.78, 5) is 42.0. The summed E-state index contributed by atoms with van der Waals surface area (Å²) in [6, 6.07) is 4.49. The van der Waals surface area contributed by atoms with E-state index in [4.69, 9.17) is 0 Å². The lowest BCUT2D eigenvalue weighted by Crippen LogP contribution is -2.50. The van der Waals surface area contributed by atoms with Gasteiger partial charge in [0.05, 0.1) is 17.4 Å². The van der Waals surface area contributed by atoms with Gasteiger partial charge in [0.2, 0.25) is 11.7 Å². The average Bonchev–Trinajstić information content (AvgIpc) is 2.71. The molecule has 1 fully saturated rings. The summed E-state index contributed by atoms with van der Waals surface area (Å²) in [5.41, 5.74) is 3.18. The number of Topliss-reactive ketones (excluding diaryl/α,β-unsaturated/α-hetero) is 1. The molecule has 0 spiro atoms. The Morgan fingerprint density at radius 2 is 1.86 bits per heavy atom. The SMILES string of the molecule is C/C(=N\NC(=O)C(=O)C(CC(C)(C)C)NC(=O)C1CCCCC1)c1ccccn1. The molecule has 29 heavy (non-hydrogen) atoms. The van der Waals surface area contributed by atoms with Crippen LogP contribution in [-0.2, 0) is 14.4 Å². The standard InChI is InChI=1S/C22H32N4O3/c1-15(17-12-8-9-13-23-17)25-26-21(29)19(27)18(14-22(2,3)4)24-20(28)16-10-6-5-7-11-16/h8-9,12-13,16,18H,5-7,10-11,14H2,1-4H3,(H,24,28)(H,26,29)/b25-15+. The van der Waals surface area contributed by atoms with E-state index in [2.05, 4.69) is 20.8 Å². The van der Waals surface area contributed by atoms with Gasteiger partial charge in [0.1, 0.15) is 0 Å². The molecule has 1 heterocycles. The Kier molecular flexibility index (Phi) is 8.05. The minimum Gasteiger partial charge on any atom is -0.345 e. The predicted octanol–water partition coefficient (Wildman–Crippen LogP) is 2.99. The normalized spacial score (nSPS) is 16.8. The molecule has 1 aromatic heterocycles. The highest BCUT2D eigenvalue weighted by Gasteiger charge is 2.33. The van der Waals surface area contributed by atoms with Gasteiger partial charge in [-0.05, 0) is 43.7 Å². The zero-order valence-corrected chi connectivity index (χ0v) is 17.8. The fraction of sp³-hybridized carbons (Fsp3) is 0.591. The second-order valence-electron chi connectivity index (χ2n) is 8.88. The lowest BCUT2D eigenvalue weighted by atomic mass is 9.85. The number of amides is 2. The summed E-state index contributed by atoms with van der Waals surface area (Å²) in [5, 5.41) is 6.82. The molecule has 158 valence electrons. The highest BCUT2D eigenvalue weighted by atomic mass is 16.2. The maximum atomic E-state index is 12.8. The first kappa shape index (κ1) is 22.7. The summed E-state index contributed by atoms with van der Waals surface area (Å²) in [5.74, 6) is -1.72. The van der Waals surface area contributed by atoms with Crippen LogP contribution in [-0.4, -0.2) is 34.3 Å². The van der Waals surface area contributed by atoms with Crippen molar-refractivity contribution >= 4 is 23.3 Å². The highest BCUT2D eigenvalue weighted by molar-refractivity contribution is 6.38. The molecule has 1 aliphatic rings. The van der Waals surface area contributed by atoms with E-state index < -0.39 is 17.7 Å². The highest BCUT2D eigenvalue weighted by Crippen LogP contribution is 2.25. The Bertz CT molecular complexity index is 747. The molecule has 1 aromatic rings. The number of hydrogen-bond acceptors (Lipinski definition) is 5. The molecule has 1 unspecified atom stereocenters. The van der Waals surface area contributed by atoms with Crippen molar-refractivity contribution in [2.45, 2.75) is 72.3 Å². The van der Waals surface area contributed by atoms with Crippen LogP contribution < -0.4 is 10.7 Å². The molecule has 0 saturated heterocycles. The first-order chi connectivity index (χ1) is 13.7. The first-order valence-corrected chi connectivity index (χ1v) is 10.3. The molecule has 0 bridgehead atoms. The molecule has 0 aliphatic heterocycles. The third-order valence-corrected chi connectivity index (χ3v) is 5.01. The average molecular weight is 401 g/mol. The molecular weight excluding hydrogens is 368 g/mol. The summed E-state index contributed by atoms with van der Waals surface area (Å²) >= 11 is 0. The molecule has 0 aromatic carbocycles. The van der Waals surface area contributed by atoms with Crippen molar-refractivity contribution in [2.24, 2.45) is 16.4 Å². The smallest absolute Gasteiger partial charge is 0.309 e. The fourth-order valence-electron chi connectivity index (χ4n) is 3.46. The number of nitrogens with zero attached hydrogens (tertiary/aromatic N) is 2. The molecule has 7 heteroatoms. The van der Waals surface area contributed by atoms with Gasteiger partial charge in [-0.25, -0.2) is 5.43 Å². The van der Waals surface area contributed by atoms with Crippen molar-refractivity contribution < 1.29 is 14.4 Å². The third kappa shape index (κ3) is 7.40. The van der Waals surface area contributed by atoms with Crippen LogP contribution in [0.1, 0.15) is 71.9 Å². The van der Waals surface area contributed by atoms with Gasteiger partial charge in [-0.1, -0.05) is 46.1 Å². The van der Waals surface area contributed by atoms with Gasteiger partial charge in [-0.15, -0.1) is 0 Å². The Hall–Kier alpha value is -2.57. The number of pyridine rings is 1. The fourth-order valence-corrected chi connectivity index (χ4v) is 3.46. The molecular formula is C22H32N4O3. The van der Waals surface area contributed by atoms with Crippen molar-refractivity contribution in [3.8, 4) is 0 Å². The van der Waals surface area contributed by atoms with Crippen molar-refractivity contribution in [1.29, 1.82) is 0 Å². The number of carbonyl (C=O) groups excluding carboxylic acids is 3.